The molecular formula is C12H16FN3. The lowest BCUT2D eigenvalue weighted by atomic mass is 10.1. The minimum absolute atomic E-state index is 0.158. The second kappa shape index (κ2) is 4.51. The molecule has 3 nitrogen and oxygen atoms in total. The molecule has 1 aromatic carbocycles. The van der Waals surface area contributed by atoms with Crippen molar-refractivity contribution in [2.24, 2.45) is 4.99 Å². The van der Waals surface area contributed by atoms with Gasteiger partial charge in [-0.15, -0.1) is 0 Å². The lowest BCUT2D eigenvalue weighted by molar-refractivity contribution is 0.615. The van der Waals surface area contributed by atoms with E-state index < -0.39 is 0 Å². The van der Waals surface area contributed by atoms with E-state index in [2.05, 4.69) is 22.5 Å². The van der Waals surface area contributed by atoms with E-state index in [0.29, 0.717) is 18.2 Å². The largest absolute Gasteiger partial charge is 0.352 e. The Kier molecular flexibility index (Phi) is 3.08. The number of guanidine groups is 1. The highest BCUT2D eigenvalue weighted by molar-refractivity contribution is 5.81. The number of aryl methyl sites for hydroxylation is 1. The van der Waals surface area contributed by atoms with Gasteiger partial charge in [-0.1, -0.05) is 12.1 Å². The number of aliphatic imine (C=N–C) groups is 1. The lowest BCUT2D eigenvalue weighted by Gasteiger charge is -2.09. The summed E-state index contributed by atoms with van der Waals surface area (Å²) in [4.78, 5) is 4.27. The lowest BCUT2D eigenvalue weighted by Crippen LogP contribution is -2.37. The normalized spacial score (nSPS) is 19.2. The van der Waals surface area contributed by atoms with E-state index in [1.807, 2.05) is 6.07 Å². The van der Waals surface area contributed by atoms with E-state index in [9.17, 15) is 4.39 Å². The molecule has 1 aliphatic heterocycles. The first-order valence-electron chi connectivity index (χ1n) is 5.45. The molecule has 0 spiro atoms. The van der Waals surface area contributed by atoms with Gasteiger partial charge in [0.15, 0.2) is 5.96 Å². The molecule has 0 saturated heterocycles. The van der Waals surface area contributed by atoms with Gasteiger partial charge in [-0.25, -0.2) is 4.39 Å². The van der Waals surface area contributed by atoms with Crippen molar-refractivity contribution in [2.75, 3.05) is 6.54 Å². The maximum Gasteiger partial charge on any atom is 0.191 e. The first-order valence-corrected chi connectivity index (χ1v) is 5.45. The quantitative estimate of drug-likeness (QED) is 0.795. The summed E-state index contributed by atoms with van der Waals surface area (Å²) in [5.74, 6) is 0.641. The van der Waals surface area contributed by atoms with Crippen LogP contribution in [0, 0.1) is 12.7 Å². The maximum absolute atomic E-state index is 13.3. The third-order valence-electron chi connectivity index (χ3n) is 2.60. The molecule has 0 fully saturated rings. The predicted molar refractivity (Wildman–Crippen MR) is 62.9 cm³/mol. The molecule has 0 bridgehead atoms. The Morgan fingerprint density at radius 2 is 2.38 bits per heavy atom. The molecule has 0 aromatic heterocycles. The number of halogens is 1. The first-order chi connectivity index (χ1) is 7.65. The average Bonchev–Trinajstić information content (AvgIpc) is 2.66. The Bertz CT molecular complexity index is 415. The van der Waals surface area contributed by atoms with Crippen LogP contribution in [0.3, 0.4) is 0 Å². The molecule has 0 radical (unpaired) electrons. The van der Waals surface area contributed by atoms with Crippen LogP contribution in [0.5, 0.6) is 0 Å². The van der Waals surface area contributed by atoms with Gasteiger partial charge in [-0.05, 0) is 31.0 Å². The zero-order chi connectivity index (χ0) is 11.5. The van der Waals surface area contributed by atoms with E-state index >= 15 is 0 Å². The predicted octanol–water partition coefficient (Wildman–Crippen LogP) is 1.57. The Balaban J connectivity index is 1.92. The van der Waals surface area contributed by atoms with Gasteiger partial charge in [0.2, 0.25) is 0 Å². The van der Waals surface area contributed by atoms with Gasteiger partial charge in [-0.3, -0.25) is 4.99 Å². The van der Waals surface area contributed by atoms with Crippen LogP contribution in [0.25, 0.3) is 0 Å². The van der Waals surface area contributed by atoms with Gasteiger partial charge in [-0.2, -0.15) is 0 Å². The molecule has 0 amide bonds. The first kappa shape index (κ1) is 10.9. The Labute approximate surface area is 94.8 Å². The fourth-order valence-electron chi connectivity index (χ4n) is 1.59. The zero-order valence-electron chi connectivity index (χ0n) is 9.55. The SMILES string of the molecule is Cc1ccc(CNC2=NCC(C)N2)cc1F. The molecular weight excluding hydrogens is 205 g/mol. The fraction of sp³-hybridized carbons (Fsp3) is 0.417. The van der Waals surface area contributed by atoms with Crippen LogP contribution in [0.15, 0.2) is 23.2 Å². The number of rotatable bonds is 2. The third kappa shape index (κ3) is 2.51. The van der Waals surface area contributed by atoms with Crippen LogP contribution in [0.2, 0.25) is 0 Å². The summed E-state index contributed by atoms with van der Waals surface area (Å²) in [6, 6.07) is 5.65. The van der Waals surface area contributed by atoms with Gasteiger partial charge in [0.1, 0.15) is 5.82 Å². The Hall–Kier alpha value is -1.58. The van der Waals surface area contributed by atoms with Crippen LogP contribution >= 0.6 is 0 Å². The Morgan fingerprint density at radius 1 is 1.56 bits per heavy atom. The van der Waals surface area contributed by atoms with Crippen molar-refractivity contribution in [3.8, 4) is 0 Å². The van der Waals surface area contributed by atoms with Gasteiger partial charge < -0.3 is 10.6 Å². The monoisotopic (exact) mass is 221 g/mol. The maximum atomic E-state index is 13.3. The van der Waals surface area contributed by atoms with Crippen molar-refractivity contribution in [1.82, 2.24) is 10.6 Å². The second-order valence-electron chi connectivity index (χ2n) is 4.17. The zero-order valence-corrected chi connectivity index (χ0v) is 9.55. The topological polar surface area (TPSA) is 36.4 Å². The summed E-state index contributed by atoms with van der Waals surface area (Å²) >= 11 is 0. The molecule has 0 saturated carbocycles. The number of benzene rings is 1. The van der Waals surface area contributed by atoms with Crippen LogP contribution in [-0.2, 0) is 6.54 Å². The third-order valence-corrected chi connectivity index (χ3v) is 2.60. The molecule has 16 heavy (non-hydrogen) atoms. The van der Waals surface area contributed by atoms with Crippen LogP contribution in [0.1, 0.15) is 18.1 Å². The summed E-state index contributed by atoms with van der Waals surface area (Å²) in [6.45, 7) is 5.22. The van der Waals surface area contributed by atoms with Crippen molar-refractivity contribution in [3.63, 3.8) is 0 Å². The van der Waals surface area contributed by atoms with Crippen molar-refractivity contribution in [1.29, 1.82) is 0 Å². The summed E-state index contributed by atoms with van der Waals surface area (Å²) in [7, 11) is 0. The van der Waals surface area contributed by atoms with Crippen LogP contribution in [-0.4, -0.2) is 18.5 Å². The van der Waals surface area contributed by atoms with Gasteiger partial charge in [0.05, 0.1) is 6.54 Å². The molecule has 2 rings (SSSR count). The minimum atomic E-state index is -0.158. The number of nitrogens with zero attached hydrogens (tertiary/aromatic N) is 1. The van der Waals surface area contributed by atoms with E-state index in [-0.39, 0.29) is 5.82 Å². The summed E-state index contributed by atoms with van der Waals surface area (Å²) in [5.41, 5.74) is 1.60. The van der Waals surface area contributed by atoms with E-state index in [1.165, 1.54) is 0 Å². The van der Waals surface area contributed by atoms with E-state index in [1.54, 1.807) is 19.1 Å². The number of hydrogen-bond donors (Lipinski definition) is 2. The molecule has 1 unspecified atom stereocenters. The number of hydrogen-bond acceptors (Lipinski definition) is 3. The molecule has 0 aliphatic carbocycles. The minimum Gasteiger partial charge on any atom is -0.352 e. The summed E-state index contributed by atoms with van der Waals surface area (Å²) < 4.78 is 13.3. The highest BCUT2D eigenvalue weighted by Crippen LogP contribution is 2.08. The molecule has 2 N–H and O–H groups in total. The molecule has 1 heterocycles. The van der Waals surface area contributed by atoms with Crippen LogP contribution < -0.4 is 10.6 Å². The van der Waals surface area contributed by atoms with Crippen molar-refractivity contribution < 1.29 is 4.39 Å². The standard InChI is InChI=1S/C12H16FN3/c1-8-3-4-10(5-11(8)13)7-15-12-14-6-9(2)16-12/h3-5,9H,6-7H2,1-2H3,(H2,14,15,16). The average molecular weight is 221 g/mol. The summed E-state index contributed by atoms with van der Waals surface area (Å²) in [5, 5.41) is 6.34. The van der Waals surface area contributed by atoms with Crippen LogP contribution in [0.4, 0.5) is 4.39 Å². The van der Waals surface area contributed by atoms with E-state index in [0.717, 1.165) is 18.1 Å². The van der Waals surface area contributed by atoms with Crippen molar-refractivity contribution in [2.45, 2.75) is 26.4 Å². The molecule has 4 heteroatoms. The molecule has 1 aromatic rings. The second-order valence-corrected chi connectivity index (χ2v) is 4.17. The smallest absolute Gasteiger partial charge is 0.191 e. The molecule has 86 valence electrons. The van der Waals surface area contributed by atoms with E-state index in [4.69, 9.17) is 0 Å². The Morgan fingerprint density at radius 3 is 3.00 bits per heavy atom. The summed E-state index contributed by atoms with van der Waals surface area (Å²) in [6.07, 6.45) is 0. The van der Waals surface area contributed by atoms with Gasteiger partial charge in [0.25, 0.3) is 0 Å². The van der Waals surface area contributed by atoms with Gasteiger partial charge in [0, 0.05) is 12.6 Å². The highest BCUT2D eigenvalue weighted by atomic mass is 19.1. The fourth-order valence-corrected chi connectivity index (χ4v) is 1.59. The van der Waals surface area contributed by atoms with Crippen molar-refractivity contribution >= 4 is 5.96 Å². The molecule has 1 aliphatic rings. The number of nitrogens with one attached hydrogen (secondary N) is 2. The highest BCUT2D eigenvalue weighted by Gasteiger charge is 2.11. The van der Waals surface area contributed by atoms with Crippen molar-refractivity contribution in [3.05, 3.63) is 35.1 Å². The molecule has 1 atom stereocenters. The van der Waals surface area contributed by atoms with Gasteiger partial charge >= 0.3 is 0 Å².